The first kappa shape index (κ1) is 12.4. The van der Waals surface area contributed by atoms with Gasteiger partial charge in [-0.2, -0.15) is 0 Å². The van der Waals surface area contributed by atoms with Gasteiger partial charge in [0, 0.05) is 29.5 Å². The second-order valence-electron chi connectivity index (χ2n) is 6.04. The average molecular weight is 257 g/mol. The maximum atomic E-state index is 12.0. The van der Waals surface area contributed by atoms with E-state index in [4.69, 9.17) is 0 Å². The third kappa shape index (κ3) is 2.19. The van der Waals surface area contributed by atoms with Crippen LogP contribution >= 0.6 is 0 Å². The van der Waals surface area contributed by atoms with Gasteiger partial charge in [0.2, 0.25) is 0 Å². The summed E-state index contributed by atoms with van der Waals surface area (Å²) >= 11 is 0. The van der Waals surface area contributed by atoms with Gasteiger partial charge in [-0.3, -0.25) is 4.79 Å². The summed E-state index contributed by atoms with van der Waals surface area (Å²) in [6, 6.07) is 7.95. The van der Waals surface area contributed by atoms with Crippen LogP contribution in [0.25, 0.3) is 10.8 Å². The lowest BCUT2D eigenvalue weighted by Gasteiger charge is -2.30. The van der Waals surface area contributed by atoms with Crippen LogP contribution in [-0.4, -0.2) is 29.6 Å². The van der Waals surface area contributed by atoms with E-state index < -0.39 is 0 Å². The lowest BCUT2D eigenvalue weighted by atomic mass is 10.0. The van der Waals surface area contributed by atoms with Crippen LogP contribution in [0.2, 0.25) is 0 Å². The second-order valence-corrected chi connectivity index (χ2v) is 6.04. The van der Waals surface area contributed by atoms with Gasteiger partial charge >= 0.3 is 0 Å². The van der Waals surface area contributed by atoms with Crippen molar-refractivity contribution in [2.24, 2.45) is 0 Å². The Bertz CT molecular complexity index is 666. The van der Waals surface area contributed by atoms with Crippen LogP contribution < -0.4 is 5.56 Å². The fourth-order valence-electron chi connectivity index (χ4n) is 3.30. The summed E-state index contributed by atoms with van der Waals surface area (Å²) in [6.07, 6.45) is 2.63. The predicted octanol–water partition coefficient (Wildman–Crippen LogP) is 2.58. The molecule has 0 radical (unpaired) electrons. The molecule has 1 aliphatic rings. The normalized spacial score (nSPS) is 18.0. The highest BCUT2D eigenvalue weighted by molar-refractivity contribution is 5.85. The predicted molar refractivity (Wildman–Crippen MR) is 78.2 cm³/mol. The van der Waals surface area contributed by atoms with Crippen molar-refractivity contribution in [1.82, 2.24) is 4.98 Å². The first-order valence-electron chi connectivity index (χ1n) is 7.03. The van der Waals surface area contributed by atoms with Crippen LogP contribution in [-0.2, 0) is 6.54 Å². The minimum atomic E-state index is 0.0286. The number of hydrogen-bond acceptors (Lipinski definition) is 1. The summed E-state index contributed by atoms with van der Waals surface area (Å²) in [6.45, 7) is 5.52. The van der Waals surface area contributed by atoms with Gasteiger partial charge in [-0.15, -0.1) is 0 Å². The molecule has 2 aromatic rings. The van der Waals surface area contributed by atoms with Crippen molar-refractivity contribution in [1.29, 1.82) is 0 Å². The lowest BCUT2D eigenvalue weighted by Crippen LogP contribution is -2.40. The van der Waals surface area contributed by atoms with E-state index in [1.165, 1.54) is 31.5 Å². The zero-order valence-electron chi connectivity index (χ0n) is 11.7. The molecule has 3 nitrogen and oxygen atoms in total. The molecule has 3 heteroatoms. The molecule has 1 N–H and O–H groups in total. The van der Waals surface area contributed by atoms with Crippen LogP contribution in [0.4, 0.5) is 0 Å². The van der Waals surface area contributed by atoms with Gasteiger partial charge in [0.05, 0.1) is 20.1 Å². The van der Waals surface area contributed by atoms with Gasteiger partial charge in [-0.25, -0.2) is 0 Å². The number of hydrogen-bond donors (Lipinski definition) is 1. The third-order valence-corrected chi connectivity index (χ3v) is 4.44. The summed E-state index contributed by atoms with van der Waals surface area (Å²) in [4.78, 5) is 15.0. The summed E-state index contributed by atoms with van der Waals surface area (Å²) in [5.41, 5.74) is 2.36. The Morgan fingerprint density at radius 3 is 2.47 bits per heavy atom. The zero-order chi connectivity index (χ0) is 13.5. The number of fused-ring (bicyclic) bond motifs is 1. The molecule has 100 valence electrons. The molecule has 0 atom stereocenters. The van der Waals surface area contributed by atoms with Crippen molar-refractivity contribution in [2.75, 3.05) is 20.1 Å². The highest BCUT2D eigenvalue weighted by Gasteiger charge is 2.28. The number of aromatic amines is 1. The van der Waals surface area contributed by atoms with E-state index in [1.54, 1.807) is 0 Å². The molecule has 0 spiro atoms. The Labute approximate surface area is 113 Å². The Morgan fingerprint density at radius 2 is 1.79 bits per heavy atom. The van der Waals surface area contributed by atoms with Crippen molar-refractivity contribution in [2.45, 2.75) is 26.3 Å². The number of aromatic nitrogens is 1. The number of H-pyrrole nitrogens is 1. The summed E-state index contributed by atoms with van der Waals surface area (Å²) in [5.74, 6) is 0. The van der Waals surface area contributed by atoms with E-state index >= 15 is 0 Å². The number of likely N-dealkylation sites (tertiary alicyclic amines) is 1. The molecule has 1 aromatic heterocycles. The molecule has 1 saturated heterocycles. The topological polar surface area (TPSA) is 32.9 Å². The molecule has 1 aromatic carbocycles. The molecule has 19 heavy (non-hydrogen) atoms. The molecule has 0 unspecified atom stereocenters. The van der Waals surface area contributed by atoms with E-state index in [2.05, 4.69) is 18.1 Å². The number of pyridine rings is 1. The number of benzene rings is 1. The fourth-order valence-corrected chi connectivity index (χ4v) is 3.30. The maximum Gasteiger partial charge on any atom is 0.256 e. The molecular weight excluding hydrogens is 236 g/mol. The molecule has 0 bridgehead atoms. The van der Waals surface area contributed by atoms with Crippen molar-refractivity contribution in [3.05, 3.63) is 45.9 Å². The van der Waals surface area contributed by atoms with Gasteiger partial charge in [0.15, 0.2) is 0 Å². The number of nitrogens with zero attached hydrogens (tertiary/aromatic N) is 1. The van der Waals surface area contributed by atoms with E-state index in [-0.39, 0.29) is 5.56 Å². The Kier molecular flexibility index (Phi) is 2.94. The van der Waals surface area contributed by atoms with E-state index in [0.717, 1.165) is 27.5 Å². The fraction of sp³-hybridized carbons (Fsp3) is 0.438. The number of quaternary nitrogens is 1. The Morgan fingerprint density at radius 1 is 1.16 bits per heavy atom. The Hall–Kier alpha value is -1.61. The molecule has 0 aliphatic carbocycles. The first-order chi connectivity index (χ1) is 9.09. The number of aryl methyl sites for hydroxylation is 1. The van der Waals surface area contributed by atoms with Gasteiger partial charge in [0.25, 0.3) is 5.56 Å². The maximum absolute atomic E-state index is 12.0. The molecule has 3 rings (SSSR count). The molecule has 0 saturated carbocycles. The van der Waals surface area contributed by atoms with Crippen molar-refractivity contribution in [3.8, 4) is 0 Å². The van der Waals surface area contributed by atoms with Crippen LogP contribution in [0.1, 0.15) is 24.1 Å². The van der Waals surface area contributed by atoms with Crippen LogP contribution in [0.5, 0.6) is 0 Å². The number of rotatable bonds is 2. The second kappa shape index (κ2) is 4.49. The third-order valence-electron chi connectivity index (χ3n) is 4.44. The van der Waals surface area contributed by atoms with E-state index in [1.807, 2.05) is 25.1 Å². The van der Waals surface area contributed by atoms with Crippen molar-refractivity contribution < 1.29 is 4.48 Å². The van der Waals surface area contributed by atoms with Crippen molar-refractivity contribution in [3.63, 3.8) is 0 Å². The van der Waals surface area contributed by atoms with Crippen LogP contribution in [0, 0.1) is 6.92 Å². The van der Waals surface area contributed by atoms with Gasteiger partial charge < -0.3 is 9.47 Å². The summed E-state index contributed by atoms with van der Waals surface area (Å²) < 4.78 is 1.09. The highest BCUT2D eigenvalue weighted by Crippen LogP contribution is 2.25. The number of nitrogens with one attached hydrogen (secondary N) is 1. The Balaban J connectivity index is 2.15. The zero-order valence-corrected chi connectivity index (χ0v) is 11.7. The van der Waals surface area contributed by atoms with Gasteiger partial charge in [-0.05, 0) is 18.4 Å². The summed E-state index contributed by atoms with van der Waals surface area (Å²) in [7, 11) is 2.33. The SMILES string of the molecule is Cc1[nH]c(=O)c2ccccc2c1C[N+]1(C)CCCC1. The van der Waals surface area contributed by atoms with Gasteiger partial charge in [-0.1, -0.05) is 18.2 Å². The lowest BCUT2D eigenvalue weighted by molar-refractivity contribution is -0.910. The molecular formula is C16H21N2O+. The molecule has 1 fully saturated rings. The smallest absolute Gasteiger partial charge is 0.256 e. The minimum absolute atomic E-state index is 0.0286. The quantitative estimate of drug-likeness (QED) is 0.824. The van der Waals surface area contributed by atoms with Crippen LogP contribution in [0.15, 0.2) is 29.1 Å². The van der Waals surface area contributed by atoms with Gasteiger partial charge in [0.1, 0.15) is 6.54 Å². The monoisotopic (exact) mass is 257 g/mol. The highest BCUT2D eigenvalue weighted by atomic mass is 16.1. The van der Waals surface area contributed by atoms with E-state index in [9.17, 15) is 4.79 Å². The van der Waals surface area contributed by atoms with E-state index in [0.29, 0.717) is 0 Å². The van der Waals surface area contributed by atoms with Crippen LogP contribution in [0.3, 0.4) is 0 Å². The molecule has 1 aliphatic heterocycles. The largest absolute Gasteiger partial charge is 0.325 e. The average Bonchev–Trinajstić information content (AvgIpc) is 2.82. The standard InChI is InChI=1S/C16H20N2O/c1-12-15(11-18(2)9-5-6-10-18)13-7-3-4-8-14(13)16(19)17-12/h3-4,7-8H,5-6,9-11H2,1-2H3/p+1. The van der Waals surface area contributed by atoms with Crippen molar-refractivity contribution >= 4 is 10.8 Å². The minimum Gasteiger partial charge on any atom is -0.325 e. The summed E-state index contributed by atoms with van der Waals surface area (Å²) in [5, 5.41) is 1.93. The molecule has 0 amide bonds. The molecule has 2 heterocycles. The first-order valence-corrected chi connectivity index (χ1v) is 7.03.